The van der Waals surface area contributed by atoms with Crippen molar-refractivity contribution < 1.29 is 13.2 Å². The average molecular weight is 368 g/mol. The molecule has 0 saturated carbocycles. The molecule has 1 saturated heterocycles. The van der Waals surface area contributed by atoms with Crippen LogP contribution < -0.4 is 11.1 Å². The van der Waals surface area contributed by atoms with Crippen molar-refractivity contribution in [2.24, 2.45) is 11.1 Å². The van der Waals surface area contributed by atoms with Crippen molar-refractivity contribution in [2.75, 3.05) is 13.1 Å². The monoisotopic (exact) mass is 367 g/mol. The van der Waals surface area contributed by atoms with Crippen molar-refractivity contribution in [2.45, 2.75) is 57.5 Å². The minimum Gasteiger partial charge on any atom is -0.351 e. The number of rotatable bonds is 5. The molecule has 1 atom stereocenters. The van der Waals surface area contributed by atoms with Crippen molar-refractivity contribution in [1.29, 1.82) is 0 Å². The van der Waals surface area contributed by atoms with E-state index < -0.39 is 16.1 Å². The largest absolute Gasteiger partial charge is 0.351 e. The summed E-state index contributed by atoms with van der Waals surface area (Å²) >= 11 is 0. The van der Waals surface area contributed by atoms with Crippen molar-refractivity contribution in [1.82, 2.24) is 9.62 Å². The summed E-state index contributed by atoms with van der Waals surface area (Å²) in [6, 6.07) is 6.09. The van der Waals surface area contributed by atoms with E-state index in [2.05, 4.69) is 5.32 Å². The summed E-state index contributed by atoms with van der Waals surface area (Å²) in [4.78, 5) is 12.4. The third kappa shape index (κ3) is 5.03. The molecule has 1 aliphatic rings. The zero-order chi connectivity index (χ0) is 18.7. The Kier molecular flexibility index (Phi) is 6.24. The van der Waals surface area contributed by atoms with Crippen LogP contribution in [-0.2, 0) is 21.4 Å². The number of amides is 1. The first-order valence-electron chi connectivity index (χ1n) is 8.75. The van der Waals surface area contributed by atoms with Crippen LogP contribution in [0.5, 0.6) is 0 Å². The second-order valence-electron chi connectivity index (χ2n) is 7.67. The molecule has 0 aliphatic carbocycles. The van der Waals surface area contributed by atoms with E-state index in [0.29, 0.717) is 24.5 Å². The number of carbonyl (C=O) groups excluding carboxylic acids is 1. The van der Waals surface area contributed by atoms with Gasteiger partial charge in [-0.3, -0.25) is 4.79 Å². The van der Waals surface area contributed by atoms with Gasteiger partial charge in [0, 0.05) is 19.6 Å². The molecule has 3 N–H and O–H groups in total. The number of carbonyl (C=O) groups is 1. The predicted octanol–water partition coefficient (Wildman–Crippen LogP) is 1.85. The Bertz CT molecular complexity index is 687. The van der Waals surface area contributed by atoms with Gasteiger partial charge in [0.25, 0.3) is 0 Å². The maximum absolute atomic E-state index is 12.6. The predicted molar refractivity (Wildman–Crippen MR) is 98.3 cm³/mol. The standard InChI is InChI=1S/C18H29N3O3S/c1-18(2,3)16(19)17(22)20-13-14-7-9-15(10-8-14)25(23,24)21-11-5-4-6-12-21/h7-10,16H,4-6,11-13,19H2,1-3H3,(H,20,22)/t16-/m1/s1. The third-order valence-electron chi connectivity index (χ3n) is 4.56. The number of benzene rings is 1. The molecule has 25 heavy (non-hydrogen) atoms. The summed E-state index contributed by atoms with van der Waals surface area (Å²) in [5.41, 5.74) is 6.46. The molecule has 0 bridgehead atoms. The highest BCUT2D eigenvalue weighted by Gasteiger charge is 2.27. The van der Waals surface area contributed by atoms with Crippen LogP contribution in [-0.4, -0.2) is 37.8 Å². The fraction of sp³-hybridized carbons (Fsp3) is 0.611. The summed E-state index contributed by atoms with van der Waals surface area (Å²) in [6.45, 7) is 7.24. The SMILES string of the molecule is CC(C)(C)[C@H](N)C(=O)NCc1ccc(S(=O)(=O)N2CCCCC2)cc1. The van der Waals surface area contributed by atoms with Gasteiger partial charge in [0.1, 0.15) is 0 Å². The van der Waals surface area contributed by atoms with Crippen molar-refractivity contribution >= 4 is 15.9 Å². The van der Waals surface area contributed by atoms with Gasteiger partial charge in [-0.15, -0.1) is 0 Å². The van der Waals surface area contributed by atoms with Crippen LogP contribution in [0.4, 0.5) is 0 Å². The van der Waals surface area contributed by atoms with Gasteiger partial charge < -0.3 is 11.1 Å². The van der Waals surface area contributed by atoms with E-state index in [9.17, 15) is 13.2 Å². The number of nitrogens with one attached hydrogen (secondary N) is 1. The van der Waals surface area contributed by atoms with E-state index in [-0.39, 0.29) is 11.3 Å². The fourth-order valence-corrected chi connectivity index (χ4v) is 4.24. The van der Waals surface area contributed by atoms with E-state index in [4.69, 9.17) is 5.73 Å². The van der Waals surface area contributed by atoms with Crippen molar-refractivity contribution in [3.05, 3.63) is 29.8 Å². The van der Waals surface area contributed by atoms with Crippen LogP contribution in [0, 0.1) is 5.41 Å². The molecule has 0 unspecified atom stereocenters. The van der Waals surface area contributed by atoms with Crippen LogP contribution in [0.3, 0.4) is 0 Å². The number of piperidine rings is 1. The van der Waals surface area contributed by atoms with Gasteiger partial charge in [0.05, 0.1) is 10.9 Å². The minimum absolute atomic E-state index is 0.211. The lowest BCUT2D eigenvalue weighted by molar-refractivity contribution is -0.124. The van der Waals surface area contributed by atoms with E-state index in [1.165, 1.54) is 0 Å². The van der Waals surface area contributed by atoms with Crippen LogP contribution in [0.15, 0.2) is 29.2 Å². The van der Waals surface area contributed by atoms with E-state index in [1.807, 2.05) is 20.8 Å². The van der Waals surface area contributed by atoms with Gasteiger partial charge in [-0.05, 0) is 36.0 Å². The zero-order valence-electron chi connectivity index (χ0n) is 15.3. The molecule has 6 nitrogen and oxygen atoms in total. The Labute approximate surface area is 150 Å². The topological polar surface area (TPSA) is 92.5 Å². The maximum Gasteiger partial charge on any atom is 0.243 e. The van der Waals surface area contributed by atoms with Crippen molar-refractivity contribution in [3.63, 3.8) is 0 Å². The molecule has 1 aliphatic heterocycles. The molecular formula is C18H29N3O3S. The van der Waals surface area contributed by atoms with Gasteiger partial charge in [-0.1, -0.05) is 39.3 Å². The molecule has 1 fully saturated rings. The highest BCUT2D eigenvalue weighted by Crippen LogP contribution is 2.21. The van der Waals surface area contributed by atoms with E-state index in [1.54, 1.807) is 28.6 Å². The number of hydrogen-bond acceptors (Lipinski definition) is 4. The molecule has 1 heterocycles. The molecule has 140 valence electrons. The first kappa shape index (κ1) is 19.9. The second kappa shape index (κ2) is 7.85. The van der Waals surface area contributed by atoms with Gasteiger partial charge in [0.2, 0.25) is 15.9 Å². The van der Waals surface area contributed by atoms with Gasteiger partial charge in [0.15, 0.2) is 0 Å². The number of sulfonamides is 1. The molecule has 1 aromatic rings. The summed E-state index contributed by atoms with van der Waals surface area (Å²) < 4.78 is 26.8. The summed E-state index contributed by atoms with van der Waals surface area (Å²) in [5, 5.41) is 2.80. The lowest BCUT2D eigenvalue weighted by Crippen LogP contribution is -2.48. The highest BCUT2D eigenvalue weighted by atomic mass is 32.2. The first-order valence-corrected chi connectivity index (χ1v) is 10.2. The summed E-state index contributed by atoms with van der Waals surface area (Å²) in [6.07, 6.45) is 2.91. The van der Waals surface area contributed by atoms with Gasteiger partial charge in [-0.25, -0.2) is 8.42 Å². The first-order chi connectivity index (χ1) is 11.6. The Hall–Kier alpha value is -1.44. The molecule has 2 rings (SSSR count). The Morgan fingerprint density at radius 3 is 2.24 bits per heavy atom. The molecule has 0 spiro atoms. The van der Waals surface area contributed by atoms with E-state index >= 15 is 0 Å². The Morgan fingerprint density at radius 2 is 1.72 bits per heavy atom. The van der Waals surface area contributed by atoms with Crippen LogP contribution in [0.25, 0.3) is 0 Å². The quantitative estimate of drug-likeness (QED) is 0.831. The number of hydrogen-bond donors (Lipinski definition) is 2. The molecule has 0 radical (unpaired) electrons. The highest BCUT2D eigenvalue weighted by molar-refractivity contribution is 7.89. The molecular weight excluding hydrogens is 338 g/mol. The van der Waals surface area contributed by atoms with Crippen LogP contribution in [0.2, 0.25) is 0 Å². The molecule has 7 heteroatoms. The summed E-state index contributed by atoms with van der Waals surface area (Å²) in [7, 11) is -3.42. The minimum atomic E-state index is -3.42. The van der Waals surface area contributed by atoms with Gasteiger partial charge >= 0.3 is 0 Å². The summed E-state index contributed by atoms with van der Waals surface area (Å²) in [5.74, 6) is -0.211. The molecule has 1 amide bonds. The van der Waals surface area contributed by atoms with Gasteiger partial charge in [-0.2, -0.15) is 4.31 Å². The fourth-order valence-electron chi connectivity index (χ4n) is 2.73. The number of nitrogens with zero attached hydrogens (tertiary/aromatic N) is 1. The normalized spacial score (nSPS) is 17.9. The Balaban J connectivity index is 1.99. The lowest BCUT2D eigenvalue weighted by Gasteiger charge is -2.26. The zero-order valence-corrected chi connectivity index (χ0v) is 16.1. The Morgan fingerprint density at radius 1 is 1.16 bits per heavy atom. The third-order valence-corrected chi connectivity index (χ3v) is 6.47. The lowest BCUT2D eigenvalue weighted by atomic mass is 9.87. The molecule has 1 aromatic carbocycles. The smallest absolute Gasteiger partial charge is 0.243 e. The number of nitrogens with two attached hydrogens (primary N) is 1. The molecule has 0 aromatic heterocycles. The van der Waals surface area contributed by atoms with Crippen molar-refractivity contribution in [3.8, 4) is 0 Å². The second-order valence-corrected chi connectivity index (χ2v) is 9.61. The maximum atomic E-state index is 12.6. The average Bonchev–Trinajstić information content (AvgIpc) is 2.59. The van der Waals surface area contributed by atoms with Crippen LogP contribution >= 0.6 is 0 Å². The van der Waals surface area contributed by atoms with E-state index in [0.717, 1.165) is 24.8 Å². The van der Waals surface area contributed by atoms with Crippen LogP contribution in [0.1, 0.15) is 45.6 Å².